The van der Waals surface area contributed by atoms with E-state index in [1.165, 1.54) is 0 Å². The van der Waals surface area contributed by atoms with Crippen LogP contribution in [0.5, 0.6) is 0 Å². The van der Waals surface area contributed by atoms with E-state index in [9.17, 15) is 4.79 Å². The first-order valence-electron chi connectivity index (χ1n) is 6.89. The van der Waals surface area contributed by atoms with Gasteiger partial charge in [0.1, 0.15) is 10.8 Å². The number of pyridine rings is 1. The van der Waals surface area contributed by atoms with Gasteiger partial charge >= 0.3 is 0 Å². The van der Waals surface area contributed by atoms with Crippen molar-refractivity contribution in [1.82, 2.24) is 10.3 Å². The number of anilines is 1. The van der Waals surface area contributed by atoms with E-state index in [4.69, 9.17) is 18.0 Å². The van der Waals surface area contributed by atoms with Crippen LogP contribution in [0.25, 0.3) is 0 Å². The highest BCUT2D eigenvalue weighted by atomic mass is 32.1. The Kier molecular flexibility index (Phi) is 3.33. The number of piperidine rings is 1. The second-order valence-electron chi connectivity index (χ2n) is 5.45. The highest BCUT2D eigenvalue weighted by molar-refractivity contribution is 7.80. The molecule has 1 aromatic heterocycles. The minimum absolute atomic E-state index is 0.0604. The average Bonchev–Trinajstić information content (AvgIpc) is 2.80. The van der Waals surface area contributed by atoms with Crippen LogP contribution < -0.4 is 16.0 Å². The van der Waals surface area contributed by atoms with Crippen LogP contribution in [0.2, 0.25) is 0 Å². The normalized spacial score (nSPS) is 25.2. The quantitative estimate of drug-likeness (QED) is 0.786. The number of amides is 1. The van der Waals surface area contributed by atoms with Gasteiger partial charge in [0.25, 0.3) is 0 Å². The van der Waals surface area contributed by atoms with Crippen molar-refractivity contribution in [2.45, 2.75) is 25.8 Å². The third-order valence-corrected chi connectivity index (χ3v) is 4.46. The molecule has 106 valence electrons. The molecular weight excluding hydrogens is 272 g/mol. The summed E-state index contributed by atoms with van der Waals surface area (Å²) in [5.41, 5.74) is 7.73. The number of nitrogens with zero attached hydrogens (tertiary/aromatic N) is 2. The van der Waals surface area contributed by atoms with Crippen LogP contribution in [0.4, 0.5) is 5.82 Å². The van der Waals surface area contributed by atoms with Crippen LogP contribution in [-0.4, -0.2) is 35.0 Å². The Hall–Kier alpha value is -1.69. The predicted molar refractivity (Wildman–Crippen MR) is 81.7 cm³/mol. The summed E-state index contributed by atoms with van der Waals surface area (Å²) in [6.07, 6.45) is 3.71. The highest BCUT2D eigenvalue weighted by Gasteiger charge is 2.41. The molecule has 0 aromatic carbocycles. The van der Waals surface area contributed by atoms with E-state index in [0.29, 0.717) is 11.5 Å². The number of fused-ring (bicyclic) bond motifs is 1. The number of hydrogen-bond donors (Lipinski definition) is 2. The van der Waals surface area contributed by atoms with Crippen molar-refractivity contribution in [3.63, 3.8) is 0 Å². The highest BCUT2D eigenvalue weighted by Crippen LogP contribution is 2.33. The SMILES string of the molecule is Cc1ccnc(N2CCCC3C(=O)NCC32)c1C(N)=S. The molecular formula is C14H18N4OS. The zero-order chi connectivity index (χ0) is 14.3. The number of hydrogen-bond acceptors (Lipinski definition) is 4. The fraction of sp³-hybridized carbons (Fsp3) is 0.500. The maximum absolute atomic E-state index is 11.9. The van der Waals surface area contributed by atoms with Gasteiger partial charge in [0.15, 0.2) is 0 Å². The number of aromatic nitrogens is 1. The molecule has 3 N–H and O–H groups in total. The van der Waals surface area contributed by atoms with E-state index in [1.807, 2.05) is 13.0 Å². The molecule has 0 saturated carbocycles. The van der Waals surface area contributed by atoms with Gasteiger partial charge in [0.05, 0.1) is 17.5 Å². The van der Waals surface area contributed by atoms with E-state index in [1.54, 1.807) is 6.20 Å². The van der Waals surface area contributed by atoms with E-state index < -0.39 is 0 Å². The Morgan fingerprint density at radius 2 is 2.40 bits per heavy atom. The summed E-state index contributed by atoms with van der Waals surface area (Å²) in [4.78, 5) is 18.9. The van der Waals surface area contributed by atoms with Crippen molar-refractivity contribution in [3.8, 4) is 0 Å². The minimum Gasteiger partial charge on any atom is -0.389 e. The Morgan fingerprint density at radius 1 is 1.60 bits per heavy atom. The topological polar surface area (TPSA) is 71.2 Å². The van der Waals surface area contributed by atoms with Crippen LogP contribution in [0.15, 0.2) is 12.3 Å². The third kappa shape index (κ3) is 2.04. The summed E-state index contributed by atoms with van der Waals surface area (Å²) in [7, 11) is 0. The maximum atomic E-state index is 11.9. The summed E-state index contributed by atoms with van der Waals surface area (Å²) >= 11 is 5.18. The lowest BCUT2D eigenvalue weighted by Crippen LogP contribution is -2.47. The lowest BCUT2D eigenvalue weighted by Gasteiger charge is -2.37. The molecule has 0 bridgehead atoms. The number of carbonyl (C=O) groups excluding carboxylic acids is 1. The molecule has 2 aliphatic heterocycles. The molecule has 3 rings (SSSR count). The summed E-state index contributed by atoms with van der Waals surface area (Å²) in [6, 6.07) is 2.08. The van der Waals surface area contributed by atoms with E-state index >= 15 is 0 Å². The molecule has 1 aromatic rings. The van der Waals surface area contributed by atoms with Crippen molar-refractivity contribution < 1.29 is 4.79 Å². The summed E-state index contributed by atoms with van der Waals surface area (Å²) in [5.74, 6) is 1.04. The lowest BCUT2D eigenvalue weighted by molar-refractivity contribution is -0.122. The monoisotopic (exact) mass is 290 g/mol. The van der Waals surface area contributed by atoms with Gasteiger partial charge in [-0.15, -0.1) is 0 Å². The van der Waals surface area contributed by atoms with Crippen LogP contribution in [-0.2, 0) is 4.79 Å². The van der Waals surface area contributed by atoms with Crippen molar-refractivity contribution >= 4 is 28.9 Å². The Balaban J connectivity index is 2.02. The number of rotatable bonds is 2. The average molecular weight is 290 g/mol. The van der Waals surface area contributed by atoms with Crippen LogP contribution in [0, 0.1) is 12.8 Å². The lowest BCUT2D eigenvalue weighted by atomic mass is 9.91. The van der Waals surface area contributed by atoms with Crippen LogP contribution >= 0.6 is 12.2 Å². The number of thiocarbonyl (C=S) groups is 1. The molecule has 0 aliphatic carbocycles. The van der Waals surface area contributed by atoms with Gasteiger partial charge in [0, 0.05) is 19.3 Å². The molecule has 5 nitrogen and oxygen atoms in total. The zero-order valence-electron chi connectivity index (χ0n) is 11.4. The molecule has 3 heterocycles. The maximum Gasteiger partial charge on any atom is 0.225 e. The summed E-state index contributed by atoms with van der Waals surface area (Å²) < 4.78 is 0. The van der Waals surface area contributed by atoms with E-state index in [0.717, 1.165) is 36.3 Å². The third-order valence-electron chi connectivity index (χ3n) is 4.26. The van der Waals surface area contributed by atoms with Gasteiger partial charge in [-0.3, -0.25) is 4.79 Å². The molecule has 1 amide bonds. The molecule has 0 spiro atoms. The summed E-state index contributed by atoms with van der Waals surface area (Å²) in [5, 5.41) is 2.95. The zero-order valence-corrected chi connectivity index (χ0v) is 12.2. The Bertz CT molecular complexity index is 574. The van der Waals surface area contributed by atoms with Crippen molar-refractivity contribution in [2.24, 2.45) is 11.7 Å². The van der Waals surface area contributed by atoms with Gasteiger partial charge in [-0.05, 0) is 31.4 Å². The van der Waals surface area contributed by atoms with Crippen LogP contribution in [0.1, 0.15) is 24.0 Å². The number of nitrogens with two attached hydrogens (primary N) is 1. The molecule has 2 unspecified atom stereocenters. The van der Waals surface area contributed by atoms with Crippen molar-refractivity contribution in [2.75, 3.05) is 18.0 Å². The molecule has 20 heavy (non-hydrogen) atoms. The van der Waals surface area contributed by atoms with Crippen LogP contribution in [0.3, 0.4) is 0 Å². The molecule has 2 atom stereocenters. The largest absolute Gasteiger partial charge is 0.389 e. The Morgan fingerprint density at radius 3 is 3.15 bits per heavy atom. The van der Waals surface area contributed by atoms with Gasteiger partial charge < -0.3 is 16.0 Å². The Labute approximate surface area is 123 Å². The van der Waals surface area contributed by atoms with E-state index in [-0.39, 0.29) is 17.9 Å². The predicted octanol–water partition coefficient (Wildman–Crippen LogP) is 0.739. The van der Waals surface area contributed by atoms with Crippen molar-refractivity contribution in [3.05, 3.63) is 23.4 Å². The first-order chi connectivity index (χ1) is 9.59. The standard InChI is InChI=1S/C14H18N4OS/c1-8-4-5-16-13(11(8)12(15)20)18-6-2-3-9-10(18)7-17-14(9)19/h4-5,9-10H,2-3,6-7H2,1H3,(H2,15,20)(H,17,19). The van der Waals surface area contributed by atoms with Gasteiger partial charge in [-0.25, -0.2) is 4.98 Å². The number of aryl methyl sites for hydroxylation is 1. The number of carbonyl (C=O) groups is 1. The molecule has 0 radical (unpaired) electrons. The van der Waals surface area contributed by atoms with E-state index in [2.05, 4.69) is 15.2 Å². The first kappa shape index (κ1) is 13.3. The van der Waals surface area contributed by atoms with Crippen molar-refractivity contribution in [1.29, 1.82) is 0 Å². The van der Waals surface area contributed by atoms with Gasteiger partial charge in [0.2, 0.25) is 5.91 Å². The molecule has 2 aliphatic rings. The molecule has 2 saturated heterocycles. The minimum atomic E-state index is 0.0604. The fourth-order valence-electron chi connectivity index (χ4n) is 3.28. The first-order valence-corrected chi connectivity index (χ1v) is 7.30. The van der Waals surface area contributed by atoms with Gasteiger partial charge in [-0.2, -0.15) is 0 Å². The fourth-order valence-corrected chi connectivity index (χ4v) is 3.53. The smallest absolute Gasteiger partial charge is 0.225 e. The second-order valence-corrected chi connectivity index (χ2v) is 5.89. The van der Waals surface area contributed by atoms with Gasteiger partial charge in [-0.1, -0.05) is 12.2 Å². The molecule has 2 fully saturated rings. The summed E-state index contributed by atoms with van der Waals surface area (Å²) in [6.45, 7) is 3.55. The second kappa shape index (κ2) is 5.01. The molecule has 6 heteroatoms. The number of nitrogens with one attached hydrogen (secondary N) is 1.